The van der Waals surface area contributed by atoms with E-state index in [4.69, 9.17) is 4.74 Å². The van der Waals surface area contributed by atoms with Gasteiger partial charge in [0.25, 0.3) is 0 Å². The van der Waals surface area contributed by atoms with Crippen LogP contribution in [0, 0.1) is 0 Å². The number of hydrogen-bond donors (Lipinski definition) is 1. The van der Waals surface area contributed by atoms with Crippen LogP contribution in [0.5, 0.6) is 0 Å². The number of ether oxygens (including phenoxy) is 1. The molecule has 0 fully saturated rings. The third kappa shape index (κ3) is 11.7. The lowest BCUT2D eigenvalue weighted by Crippen LogP contribution is -2.30. The third-order valence-electron chi connectivity index (χ3n) is 2.48. The Morgan fingerprint density at radius 1 is 1.29 bits per heavy atom. The molecular weight excluding hydrogens is 214 g/mol. The molecule has 0 bridgehead atoms. The highest BCUT2D eigenvalue weighted by atomic mass is 16.6. The summed E-state index contributed by atoms with van der Waals surface area (Å²) in [5.41, 5.74) is -0.371. The normalized spacial score (nSPS) is 13.5. The van der Waals surface area contributed by atoms with Gasteiger partial charge in [-0.1, -0.05) is 26.2 Å². The maximum atomic E-state index is 11.4. The second-order valence-corrected chi connectivity index (χ2v) is 5.69. The largest absolute Gasteiger partial charge is 0.460 e. The molecule has 0 aromatic rings. The van der Waals surface area contributed by atoms with E-state index < -0.39 is 0 Å². The van der Waals surface area contributed by atoms with Crippen LogP contribution in [-0.4, -0.2) is 24.2 Å². The van der Waals surface area contributed by atoms with E-state index in [2.05, 4.69) is 19.2 Å². The van der Waals surface area contributed by atoms with Crippen molar-refractivity contribution in [3.8, 4) is 0 Å². The fourth-order valence-corrected chi connectivity index (χ4v) is 1.62. The van der Waals surface area contributed by atoms with Crippen LogP contribution in [-0.2, 0) is 9.53 Å². The molecule has 0 aliphatic rings. The standard InChI is InChI=1S/C14H29NO2/c1-6-7-8-9-12(2)15-11-10-13(16)17-14(3,4)5/h12,15H,6-11H2,1-5H3. The van der Waals surface area contributed by atoms with Crippen molar-refractivity contribution in [2.75, 3.05) is 6.54 Å². The van der Waals surface area contributed by atoms with Gasteiger partial charge in [0.2, 0.25) is 0 Å². The summed E-state index contributed by atoms with van der Waals surface area (Å²) in [7, 11) is 0. The number of unbranched alkanes of at least 4 members (excludes halogenated alkanes) is 2. The van der Waals surface area contributed by atoms with E-state index in [-0.39, 0.29) is 11.6 Å². The van der Waals surface area contributed by atoms with Crippen LogP contribution in [0.4, 0.5) is 0 Å². The lowest BCUT2D eigenvalue weighted by atomic mass is 10.1. The number of rotatable bonds is 8. The highest BCUT2D eigenvalue weighted by molar-refractivity contribution is 5.70. The van der Waals surface area contributed by atoms with Crippen LogP contribution in [0.25, 0.3) is 0 Å². The average molecular weight is 243 g/mol. The van der Waals surface area contributed by atoms with Crippen LogP contribution >= 0.6 is 0 Å². The molecule has 0 rings (SSSR count). The summed E-state index contributed by atoms with van der Waals surface area (Å²) >= 11 is 0. The topological polar surface area (TPSA) is 38.3 Å². The van der Waals surface area contributed by atoms with E-state index in [1.807, 2.05) is 20.8 Å². The van der Waals surface area contributed by atoms with Crippen molar-refractivity contribution in [1.82, 2.24) is 5.32 Å². The molecule has 1 atom stereocenters. The average Bonchev–Trinajstić information content (AvgIpc) is 2.15. The van der Waals surface area contributed by atoms with Crippen molar-refractivity contribution < 1.29 is 9.53 Å². The lowest BCUT2D eigenvalue weighted by Gasteiger charge is -2.20. The molecule has 1 N–H and O–H groups in total. The van der Waals surface area contributed by atoms with Gasteiger partial charge in [-0.15, -0.1) is 0 Å². The van der Waals surface area contributed by atoms with Gasteiger partial charge in [0.1, 0.15) is 5.60 Å². The van der Waals surface area contributed by atoms with Crippen LogP contribution in [0.1, 0.15) is 66.7 Å². The molecule has 1 unspecified atom stereocenters. The number of carbonyl (C=O) groups is 1. The zero-order chi connectivity index (χ0) is 13.3. The Morgan fingerprint density at radius 2 is 1.94 bits per heavy atom. The van der Waals surface area contributed by atoms with E-state index in [1.54, 1.807) is 0 Å². The zero-order valence-corrected chi connectivity index (χ0v) is 12.1. The SMILES string of the molecule is CCCCCC(C)NCCC(=O)OC(C)(C)C. The molecule has 17 heavy (non-hydrogen) atoms. The lowest BCUT2D eigenvalue weighted by molar-refractivity contribution is -0.154. The first kappa shape index (κ1) is 16.4. The molecule has 0 amide bonds. The Balaban J connectivity index is 3.52. The Morgan fingerprint density at radius 3 is 2.47 bits per heavy atom. The summed E-state index contributed by atoms with van der Waals surface area (Å²) in [6, 6.07) is 0.490. The maximum absolute atomic E-state index is 11.4. The monoisotopic (exact) mass is 243 g/mol. The van der Waals surface area contributed by atoms with Crippen LogP contribution < -0.4 is 5.32 Å². The predicted molar refractivity (Wildman–Crippen MR) is 72.1 cm³/mol. The first-order valence-corrected chi connectivity index (χ1v) is 6.80. The minimum atomic E-state index is -0.371. The molecule has 0 radical (unpaired) electrons. The molecule has 0 aromatic heterocycles. The number of esters is 1. The summed E-state index contributed by atoms with van der Waals surface area (Å²) in [5, 5.41) is 3.36. The molecule has 3 nitrogen and oxygen atoms in total. The van der Waals surface area contributed by atoms with E-state index in [1.165, 1.54) is 25.7 Å². The summed E-state index contributed by atoms with van der Waals surface area (Å²) in [6.45, 7) is 10.8. The van der Waals surface area contributed by atoms with Gasteiger partial charge in [-0.3, -0.25) is 4.79 Å². The maximum Gasteiger partial charge on any atom is 0.307 e. The molecule has 0 spiro atoms. The van der Waals surface area contributed by atoms with Crippen molar-refractivity contribution in [3.63, 3.8) is 0 Å². The fourth-order valence-electron chi connectivity index (χ4n) is 1.62. The van der Waals surface area contributed by atoms with Crippen LogP contribution in [0.2, 0.25) is 0 Å². The molecule has 3 heteroatoms. The number of hydrogen-bond acceptors (Lipinski definition) is 3. The number of carbonyl (C=O) groups excluding carboxylic acids is 1. The first-order chi connectivity index (χ1) is 7.85. The van der Waals surface area contributed by atoms with Crippen molar-refractivity contribution in [2.45, 2.75) is 78.4 Å². The van der Waals surface area contributed by atoms with Crippen LogP contribution in [0.15, 0.2) is 0 Å². The Bertz CT molecular complexity index is 209. The Labute approximate surface area is 106 Å². The summed E-state index contributed by atoms with van der Waals surface area (Å²) < 4.78 is 5.24. The highest BCUT2D eigenvalue weighted by Crippen LogP contribution is 2.08. The molecule has 0 heterocycles. The van der Waals surface area contributed by atoms with Crippen molar-refractivity contribution in [3.05, 3.63) is 0 Å². The second-order valence-electron chi connectivity index (χ2n) is 5.69. The first-order valence-electron chi connectivity index (χ1n) is 6.80. The fraction of sp³-hybridized carbons (Fsp3) is 0.929. The third-order valence-corrected chi connectivity index (χ3v) is 2.48. The highest BCUT2D eigenvalue weighted by Gasteiger charge is 2.15. The van der Waals surface area contributed by atoms with E-state index in [9.17, 15) is 4.79 Å². The minimum Gasteiger partial charge on any atom is -0.460 e. The molecule has 0 aromatic carbocycles. The van der Waals surface area contributed by atoms with Gasteiger partial charge >= 0.3 is 5.97 Å². The van der Waals surface area contributed by atoms with Gasteiger partial charge in [0, 0.05) is 12.6 Å². The predicted octanol–water partition coefficient (Wildman–Crippen LogP) is 3.28. The Hall–Kier alpha value is -0.570. The zero-order valence-electron chi connectivity index (χ0n) is 12.1. The molecule has 0 aliphatic carbocycles. The minimum absolute atomic E-state index is 0.120. The molecular formula is C14H29NO2. The smallest absolute Gasteiger partial charge is 0.307 e. The summed E-state index contributed by atoms with van der Waals surface area (Å²) in [4.78, 5) is 11.4. The van der Waals surface area contributed by atoms with Crippen molar-refractivity contribution >= 4 is 5.97 Å². The van der Waals surface area contributed by atoms with Gasteiger partial charge in [0.05, 0.1) is 6.42 Å². The van der Waals surface area contributed by atoms with E-state index in [0.29, 0.717) is 19.0 Å². The van der Waals surface area contributed by atoms with Crippen LogP contribution in [0.3, 0.4) is 0 Å². The molecule has 102 valence electrons. The number of nitrogens with one attached hydrogen (secondary N) is 1. The molecule has 0 saturated heterocycles. The van der Waals surface area contributed by atoms with E-state index in [0.717, 1.165) is 0 Å². The molecule has 0 saturated carbocycles. The van der Waals surface area contributed by atoms with Crippen molar-refractivity contribution in [1.29, 1.82) is 0 Å². The van der Waals surface area contributed by atoms with Gasteiger partial charge in [0.15, 0.2) is 0 Å². The van der Waals surface area contributed by atoms with Gasteiger partial charge < -0.3 is 10.1 Å². The second kappa shape index (κ2) is 8.51. The Kier molecular flexibility index (Phi) is 8.23. The van der Waals surface area contributed by atoms with Gasteiger partial charge in [-0.05, 0) is 34.1 Å². The van der Waals surface area contributed by atoms with E-state index >= 15 is 0 Å². The quantitative estimate of drug-likeness (QED) is 0.525. The van der Waals surface area contributed by atoms with Crippen molar-refractivity contribution in [2.24, 2.45) is 0 Å². The molecule has 0 aliphatic heterocycles. The summed E-state index contributed by atoms with van der Waals surface area (Å²) in [5.74, 6) is -0.120. The summed E-state index contributed by atoms with van der Waals surface area (Å²) in [6.07, 6.45) is 5.44. The van der Waals surface area contributed by atoms with Gasteiger partial charge in [-0.2, -0.15) is 0 Å². The van der Waals surface area contributed by atoms with Gasteiger partial charge in [-0.25, -0.2) is 0 Å².